The summed E-state index contributed by atoms with van der Waals surface area (Å²) in [4.78, 5) is 18.5. The zero-order valence-corrected chi connectivity index (χ0v) is 13.4. The predicted molar refractivity (Wildman–Crippen MR) is 88.9 cm³/mol. The minimum Gasteiger partial charge on any atom is -0.339 e. The van der Waals surface area contributed by atoms with E-state index in [2.05, 4.69) is 10.1 Å². The van der Waals surface area contributed by atoms with Crippen molar-refractivity contribution in [3.05, 3.63) is 71.9 Å². The van der Waals surface area contributed by atoms with Gasteiger partial charge in [0.25, 0.3) is 0 Å². The van der Waals surface area contributed by atoms with Gasteiger partial charge in [-0.2, -0.15) is 4.98 Å². The molecule has 1 aromatic heterocycles. The first-order chi connectivity index (χ1) is 12.2. The molecule has 0 N–H and O–H groups in total. The number of rotatable bonds is 4. The van der Waals surface area contributed by atoms with Crippen molar-refractivity contribution in [1.82, 2.24) is 15.0 Å². The highest BCUT2D eigenvalue weighted by Crippen LogP contribution is 2.29. The van der Waals surface area contributed by atoms with Gasteiger partial charge in [0.15, 0.2) is 0 Å². The molecule has 1 fully saturated rings. The van der Waals surface area contributed by atoms with E-state index in [0.29, 0.717) is 31.2 Å². The molecule has 1 aliphatic rings. The number of amides is 1. The molecule has 0 aliphatic carbocycles. The van der Waals surface area contributed by atoms with E-state index in [9.17, 15) is 9.18 Å². The molecule has 0 saturated carbocycles. The molecule has 4 rings (SSSR count). The zero-order valence-electron chi connectivity index (χ0n) is 13.4. The molecule has 6 heteroatoms. The molecular weight excluding hydrogens is 321 g/mol. The van der Waals surface area contributed by atoms with Crippen LogP contribution in [0.3, 0.4) is 0 Å². The first kappa shape index (κ1) is 15.5. The summed E-state index contributed by atoms with van der Waals surface area (Å²) in [5, 5.41) is 4.02. The molecule has 5 nitrogen and oxygen atoms in total. The van der Waals surface area contributed by atoms with Crippen LogP contribution in [0.2, 0.25) is 0 Å². The van der Waals surface area contributed by atoms with Gasteiger partial charge in [0, 0.05) is 25.1 Å². The van der Waals surface area contributed by atoms with Gasteiger partial charge in [0.1, 0.15) is 5.82 Å². The van der Waals surface area contributed by atoms with Crippen LogP contribution < -0.4 is 0 Å². The average molecular weight is 337 g/mol. The topological polar surface area (TPSA) is 59.2 Å². The summed E-state index contributed by atoms with van der Waals surface area (Å²) in [6.07, 6.45) is 0.345. The van der Waals surface area contributed by atoms with Crippen LogP contribution in [-0.2, 0) is 11.3 Å². The summed E-state index contributed by atoms with van der Waals surface area (Å²) in [6, 6.07) is 15.8. The van der Waals surface area contributed by atoms with E-state index in [-0.39, 0.29) is 17.6 Å². The number of hydrogen-bond donors (Lipinski definition) is 0. The minimum atomic E-state index is -0.284. The van der Waals surface area contributed by atoms with E-state index in [4.69, 9.17) is 4.52 Å². The summed E-state index contributed by atoms with van der Waals surface area (Å²) in [5.74, 6) is 0.647. The fourth-order valence-corrected chi connectivity index (χ4v) is 3.01. The van der Waals surface area contributed by atoms with Crippen molar-refractivity contribution in [1.29, 1.82) is 0 Å². The summed E-state index contributed by atoms with van der Waals surface area (Å²) in [6.45, 7) is 0.974. The molecule has 0 radical (unpaired) electrons. The summed E-state index contributed by atoms with van der Waals surface area (Å²) in [5.41, 5.74) is 1.77. The van der Waals surface area contributed by atoms with Gasteiger partial charge in [-0.1, -0.05) is 47.6 Å². The third-order valence-electron chi connectivity index (χ3n) is 4.32. The van der Waals surface area contributed by atoms with Crippen LogP contribution in [0.5, 0.6) is 0 Å². The van der Waals surface area contributed by atoms with Crippen LogP contribution in [0, 0.1) is 5.82 Å². The van der Waals surface area contributed by atoms with Gasteiger partial charge in [0.05, 0.1) is 5.92 Å². The van der Waals surface area contributed by atoms with Gasteiger partial charge in [-0.3, -0.25) is 4.79 Å². The molecule has 2 heterocycles. The van der Waals surface area contributed by atoms with Crippen molar-refractivity contribution >= 4 is 5.91 Å². The zero-order chi connectivity index (χ0) is 17.2. The lowest BCUT2D eigenvalue weighted by Gasteiger charge is -2.15. The Morgan fingerprint density at radius 1 is 1.12 bits per heavy atom. The second kappa shape index (κ2) is 6.47. The number of benzene rings is 2. The lowest BCUT2D eigenvalue weighted by Crippen LogP contribution is -2.24. The van der Waals surface area contributed by atoms with E-state index >= 15 is 0 Å². The van der Waals surface area contributed by atoms with Gasteiger partial charge in [-0.15, -0.1) is 0 Å². The maximum absolute atomic E-state index is 13.0. The van der Waals surface area contributed by atoms with Crippen molar-refractivity contribution in [2.24, 2.45) is 0 Å². The summed E-state index contributed by atoms with van der Waals surface area (Å²) >= 11 is 0. The third kappa shape index (κ3) is 3.28. The Morgan fingerprint density at radius 3 is 2.64 bits per heavy atom. The molecule has 25 heavy (non-hydrogen) atoms. The smallest absolute Gasteiger partial charge is 0.232 e. The van der Waals surface area contributed by atoms with E-state index in [1.807, 2.05) is 30.3 Å². The molecule has 1 amide bonds. The molecule has 0 spiro atoms. The maximum Gasteiger partial charge on any atom is 0.232 e. The molecule has 2 aromatic carbocycles. The SMILES string of the molecule is O=C1CC(c2nc(-c3ccccc3)no2)CN1Cc1ccc(F)cc1. The van der Waals surface area contributed by atoms with Gasteiger partial charge >= 0.3 is 0 Å². The second-order valence-electron chi connectivity index (χ2n) is 6.12. The van der Waals surface area contributed by atoms with Gasteiger partial charge < -0.3 is 9.42 Å². The fourth-order valence-electron chi connectivity index (χ4n) is 3.01. The monoisotopic (exact) mass is 337 g/mol. The highest BCUT2D eigenvalue weighted by atomic mass is 19.1. The van der Waals surface area contributed by atoms with Crippen LogP contribution in [0.15, 0.2) is 59.1 Å². The molecule has 1 atom stereocenters. The van der Waals surface area contributed by atoms with Crippen molar-refractivity contribution < 1.29 is 13.7 Å². The Morgan fingerprint density at radius 2 is 1.88 bits per heavy atom. The lowest BCUT2D eigenvalue weighted by molar-refractivity contribution is -0.128. The molecule has 3 aromatic rings. The number of carbonyl (C=O) groups excluding carboxylic acids is 1. The average Bonchev–Trinajstić information content (AvgIpc) is 3.25. The van der Waals surface area contributed by atoms with Crippen LogP contribution in [0.4, 0.5) is 4.39 Å². The van der Waals surface area contributed by atoms with E-state index in [0.717, 1.165) is 11.1 Å². The molecule has 1 unspecified atom stereocenters. The van der Waals surface area contributed by atoms with Gasteiger partial charge in [0.2, 0.25) is 17.6 Å². The number of likely N-dealkylation sites (tertiary alicyclic amines) is 1. The molecular formula is C19H16FN3O2. The Hall–Kier alpha value is -3.02. The van der Waals surface area contributed by atoms with Crippen LogP contribution in [-0.4, -0.2) is 27.5 Å². The van der Waals surface area contributed by atoms with Crippen molar-refractivity contribution in [2.45, 2.75) is 18.9 Å². The number of carbonyl (C=O) groups is 1. The van der Waals surface area contributed by atoms with E-state index in [1.54, 1.807) is 17.0 Å². The molecule has 0 bridgehead atoms. The number of aromatic nitrogens is 2. The first-order valence-corrected chi connectivity index (χ1v) is 8.10. The molecule has 1 aliphatic heterocycles. The van der Waals surface area contributed by atoms with Crippen LogP contribution in [0.1, 0.15) is 23.8 Å². The lowest BCUT2D eigenvalue weighted by atomic mass is 10.1. The second-order valence-corrected chi connectivity index (χ2v) is 6.12. The summed E-state index contributed by atoms with van der Waals surface area (Å²) < 4.78 is 18.4. The van der Waals surface area contributed by atoms with Crippen molar-refractivity contribution in [3.8, 4) is 11.4 Å². The largest absolute Gasteiger partial charge is 0.339 e. The number of halogens is 1. The van der Waals surface area contributed by atoms with Crippen LogP contribution in [0.25, 0.3) is 11.4 Å². The third-order valence-corrected chi connectivity index (χ3v) is 4.32. The van der Waals surface area contributed by atoms with Crippen molar-refractivity contribution in [2.75, 3.05) is 6.54 Å². The number of hydrogen-bond acceptors (Lipinski definition) is 4. The fraction of sp³-hybridized carbons (Fsp3) is 0.211. The normalized spacial score (nSPS) is 17.2. The predicted octanol–water partition coefficient (Wildman–Crippen LogP) is 3.39. The molecule has 1 saturated heterocycles. The number of nitrogens with zero attached hydrogens (tertiary/aromatic N) is 3. The Bertz CT molecular complexity index is 877. The highest BCUT2D eigenvalue weighted by Gasteiger charge is 2.34. The standard InChI is InChI=1S/C19H16FN3O2/c20-16-8-6-13(7-9-16)11-23-12-15(10-17(23)24)19-21-18(22-25-19)14-4-2-1-3-5-14/h1-9,15H,10-12H2. The van der Waals surface area contributed by atoms with Gasteiger partial charge in [-0.05, 0) is 17.7 Å². The quantitative estimate of drug-likeness (QED) is 0.732. The Labute approximate surface area is 144 Å². The summed E-state index contributed by atoms with van der Waals surface area (Å²) in [7, 11) is 0. The minimum absolute atomic E-state index is 0.0359. The van der Waals surface area contributed by atoms with Crippen LogP contribution >= 0.6 is 0 Å². The maximum atomic E-state index is 13.0. The molecule has 126 valence electrons. The van der Waals surface area contributed by atoms with Gasteiger partial charge in [-0.25, -0.2) is 4.39 Å². The Balaban J connectivity index is 1.47. The van der Waals surface area contributed by atoms with Crippen molar-refractivity contribution in [3.63, 3.8) is 0 Å². The Kier molecular flexibility index (Phi) is 4.01. The van der Waals surface area contributed by atoms with E-state index < -0.39 is 0 Å². The first-order valence-electron chi connectivity index (χ1n) is 8.10. The highest BCUT2D eigenvalue weighted by molar-refractivity contribution is 5.79. The van der Waals surface area contributed by atoms with E-state index in [1.165, 1.54) is 12.1 Å².